The highest BCUT2D eigenvalue weighted by Gasteiger charge is 2.22. The molecule has 2 N–H and O–H groups in total. The molecule has 0 aliphatic carbocycles. The summed E-state index contributed by atoms with van der Waals surface area (Å²) in [7, 11) is 0. The second-order valence-electron chi connectivity index (χ2n) is 5.29. The number of nitrogens with zero attached hydrogens (tertiary/aromatic N) is 2. The zero-order valence-electron chi connectivity index (χ0n) is 11.1. The third-order valence-electron chi connectivity index (χ3n) is 3.45. The minimum Gasteiger partial charge on any atom is -0.337 e. The van der Waals surface area contributed by atoms with E-state index in [2.05, 4.69) is 40.0 Å². The molecule has 1 aromatic carbocycles. The van der Waals surface area contributed by atoms with Crippen LogP contribution in [0.5, 0.6) is 0 Å². The van der Waals surface area contributed by atoms with Crippen LogP contribution in [-0.2, 0) is 13.0 Å². The van der Waals surface area contributed by atoms with Gasteiger partial charge < -0.3 is 10.3 Å². The van der Waals surface area contributed by atoms with Gasteiger partial charge in [0, 0.05) is 41.8 Å². The summed E-state index contributed by atoms with van der Waals surface area (Å²) in [5.74, 6) is 1.76. The van der Waals surface area contributed by atoms with Crippen molar-refractivity contribution in [2.75, 3.05) is 5.75 Å². The smallest absolute Gasteiger partial charge is 0.0949 e. The third-order valence-corrected chi connectivity index (χ3v) is 4.70. The van der Waals surface area contributed by atoms with E-state index < -0.39 is 0 Å². The topological polar surface area (TPSA) is 43.8 Å². The summed E-state index contributed by atoms with van der Waals surface area (Å²) in [6.07, 6.45) is 4.92. The molecule has 19 heavy (non-hydrogen) atoms. The molecule has 0 saturated heterocycles. The largest absolute Gasteiger partial charge is 0.337 e. The first-order valence-electron chi connectivity index (χ1n) is 6.70. The van der Waals surface area contributed by atoms with Gasteiger partial charge in [-0.25, -0.2) is 4.98 Å². The average molecular weight is 273 g/mol. The molecular formula is C15H19N3S. The number of aromatic nitrogens is 2. The Bertz CT molecular complexity index is 562. The lowest BCUT2D eigenvalue weighted by Gasteiger charge is -2.11. The molecule has 0 saturated carbocycles. The van der Waals surface area contributed by atoms with Gasteiger partial charge in [0.05, 0.1) is 12.0 Å². The van der Waals surface area contributed by atoms with Gasteiger partial charge in [-0.3, -0.25) is 0 Å². The standard InChI is InChI=1S/C15H19N3S/c1-11(16)6-13-8-18(10-17-13)7-12-9-19-15-5-3-2-4-14(12)15/h2-5,8,10-12H,6-7,9,16H2,1H3. The van der Waals surface area contributed by atoms with Crippen LogP contribution in [0.25, 0.3) is 0 Å². The Morgan fingerprint density at radius 1 is 1.47 bits per heavy atom. The highest BCUT2D eigenvalue weighted by atomic mass is 32.2. The predicted molar refractivity (Wildman–Crippen MR) is 79.5 cm³/mol. The van der Waals surface area contributed by atoms with E-state index >= 15 is 0 Å². The van der Waals surface area contributed by atoms with Crippen molar-refractivity contribution in [2.45, 2.75) is 36.7 Å². The first-order valence-corrected chi connectivity index (χ1v) is 7.69. The second-order valence-corrected chi connectivity index (χ2v) is 6.35. The van der Waals surface area contributed by atoms with E-state index in [4.69, 9.17) is 5.73 Å². The van der Waals surface area contributed by atoms with Gasteiger partial charge in [-0.1, -0.05) is 18.2 Å². The summed E-state index contributed by atoms with van der Waals surface area (Å²) in [4.78, 5) is 5.86. The molecule has 1 aliphatic rings. The summed E-state index contributed by atoms with van der Waals surface area (Å²) in [5, 5.41) is 0. The molecule has 2 atom stereocenters. The van der Waals surface area contributed by atoms with E-state index in [0.717, 1.165) is 18.7 Å². The summed E-state index contributed by atoms with van der Waals surface area (Å²) >= 11 is 1.96. The fraction of sp³-hybridized carbons (Fsp3) is 0.400. The predicted octanol–water partition coefficient (Wildman–Crippen LogP) is 2.66. The Morgan fingerprint density at radius 2 is 2.32 bits per heavy atom. The highest BCUT2D eigenvalue weighted by Crippen LogP contribution is 2.39. The van der Waals surface area contributed by atoms with Crippen molar-refractivity contribution in [3.8, 4) is 0 Å². The second kappa shape index (κ2) is 5.39. The number of hydrogen-bond acceptors (Lipinski definition) is 3. The monoisotopic (exact) mass is 273 g/mol. The van der Waals surface area contributed by atoms with Gasteiger partial charge in [-0.15, -0.1) is 11.8 Å². The van der Waals surface area contributed by atoms with Crippen LogP contribution >= 0.6 is 11.8 Å². The number of thioether (sulfide) groups is 1. The summed E-state index contributed by atoms with van der Waals surface area (Å²) in [6, 6.07) is 8.89. The van der Waals surface area contributed by atoms with E-state index in [1.54, 1.807) is 0 Å². The number of benzene rings is 1. The SMILES string of the molecule is CC(N)Cc1cn(CC2CSc3ccccc32)cn1. The molecule has 3 nitrogen and oxygen atoms in total. The minimum absolute atomic E-state index is 0.172. The van der Waals surface area contributed by atoms with E-state index in [-0.39, 0.29) is 6.04 Å². The molecule has 1 aromatic heterocycles. The van der Waals surface area contributed by atoms with Crippen molar-refractivity contribution in [3.63, 3.8) is 0 Å². The van der Waals surface area contributed by atoms with Crippen LogP contribution in [0.15, 0.2) is 41.7 Å². The van der Waals surface area contributed by atoms with Crippen LogP contribution in [-0.4, -0.2) is 21.3 Å². The quantitative estimate of drug-likeness (QED) is 0.931. The van der Waals surface area contributed by atoms with Gasteiger partial charge in [-0.2, -0.15) is 0 Å². The molecule has 0 bridgehead atoms. The molecule has 0 fully saturated rings. The maximum absolute atomic E-state index is 5.81. The lowest BCUT2D eigenvalue weighted by Crippen LogP contribution is -2.17. The van der Waals surface area contributed by atoms with E-state index in [1.165, 1.54) is 16.2 Å². The van der Waals surface area contributed by atoms with E-state index in [0.29, 0.717) is 5.92 Å². The van der Waals surface area contributed by atoms with Crippen molar-refractivity contribution >= 4 is 11.8 Å². The Balaban J connectivity index is 1.71. The first kappa shape index (κ1) is 12.8. The Morgan fingerprint density at radius 3 is 3.16 bits per heavy atom. The molecule has 2 aromatic rings. The van der Waals surface area contributed by atoms with Gasteiger partial charge in [0.2, 0.25) is 0 Å². The third kappa shape index (κ3) is 2.85. The summed E-state index contributed by atoms with van der Waals surface area (Å²) < 4.78 is 2.20. The number of imidazole rings is 1. The van der Waals surface area contributed by atoms with Crippen molar-refractivity contribution < 1.29 is 0 Å². The van der Waals surface area contributed by atoms with Crippen LogP contribution in [0.2, 0.25) is 0 Å². The number of rotatable bonds is 4. The summed E-state index contributed by atoms with van der Waals surface area (Å²) in [5.41, 5.74) is 8.38. The lowest BCUT2D eigenvalue weighted by atomic mass is 10.0. The van der Waals surface area contributed by atoms with Gasteiger partial charge >= 0.3 is 0 Å². The fourth-order valence-corrected chi connectivity index (χ4v) is 3.82. The number of hydrogen-bond donors (Lipinski definition) is 1. The normalized spacial score (nSPS) is 19.4. The molecule has 3 rings (SSSR count). The Labute approximate surface area is 118 Å². The van der Waals surface area contributed by atoms with Crippen LogP contribution in [0.1, 0.15) is 24.1 Å². The van der Waals surface area contributed by atoms with Gasteiger partial charge in [0.15, 0.2) is 0 Å². The molecule has 0 amide bonds. The van der Waals surface area contributed by atoms with Crippen LogP contribution < -0.4 is 5.73 Å². The molecule has 0 spiro atoms. The first-order chi connectivity index (χ1) is 9.22. The maximum atomic E-state index is 5.81. The Kier molecular flexibility index (Phi) is 3.62. The molecule has 0 radical (unpaired) electrons. The van der Waals surface area contributed by atoms with Gasteiger partial charge in [0.25, 0.3) is 0 Å². The lowest BCUT2D eigenvalue weighted by molar-refractivity contribution is 0.604. The van der Waals surface area contributed by atoms with Crippen LogP contribution in [0.4, 0.5) is 0 Å². The maximum Gasteiger partial charge on any atom is 0.0949 e. The number of fused-ring (bicyclic) bond motifs is 1. The van der Waals surface area contributed by atoms with Gasteiger partial charge in [-0.05, 0) is 18.6 Å². The summed E-state index contributed by atoms with van der Waals surface area (Å²) in [6.45, 7) is 3.03. The zero-order chi connectivity index (χ0) is 13.2. The molecule has 1 aliphatic heterocycles. The van der Waals surface area contributed by atoms with Gasteiger partial charge in [0.1, 0.15) is 0 Å². The molecule has 2 unspecified atom stereocenters. The van der Waals surface area contributed by atoms with Crippen LogP contribution in [0, 0.1) is 0 Å². The molecule has 2 heterocycles. The zero-order valence-corrected chi connectivity index (χ0v) is 11.9. The van der Waals surface area contributed by atoms with E-state index in [9.17, 15) is 0 Å². The van der Waals surface area contributed by atoms with Crippen molar-refractivity contribution in [1.82, 2.24) is 9.55 Å². The highest BCUT2D eigenvalue weighted by molar-refractivity contribution is 7.99. The molecule has 4 heteroatoms. The van der Waals surface area contributed by atoms with Crippen molar-refractivity contribution in [3.05, 3.63) is 48.0 Å². The van der Waals surface area contributed by atoms with Crippen molar-refractivity contribution in [2.24, 2.45) is 5.73 Å². The Hall–Kier alpha value is -1.26. The number of nitrogens with two attached hydrogens (primary N) is 1. The average Bonchev–Trinajstić information content (AvgIpc) is 2.97. The fourth-order valence-electron chi connectivity index (χ4n) is 2.58. The minimum atomic E-state index is 0.172. The molecular weight excluding hydrogens is 254 g/mol. The van der Waals surface area contributed by atoms with E-state index in [1.807, 2.05) is 25.0 Å². The molecule has 100 valence electrons. The van der Waals surface area contributed by atoms with Crippen LogP contribution in [0.3, 0.4) is 0 Å². The van der Waals surface area contributed by atoms with Crippen molar-refractivity contribution in [1.29, 1.82) is 0 Å².